The van der Waals surface area contributed by atoms with Crippen molar-refractivity contribution in [3.8, 4) is 17.2 Å². The summed E-state index contributed by atoms with van der Waals surface area (Å²) in [5, 5.41) is 0.115. The molecule has 110 valence electrons. The molecule has 1 amide bonds. The molecule has 2 rings (SSSR count). The minimum Gasteiger partial charge on any atom is -0.493 e. The number of hydrogen-bond acceptors (Lipinski definition) is 5. The molecule has 1 aromatic carbocycles. The van der Waals surface area contributed by atoms with Crippen LogP contribution in [0.1, 0.15) is 12.0 Å². The standard InChI is InChI=1S/C14H19NO4S/c1-17-11-4-9(5-12(18-2)14(11)19-3)7-15-8-10(20)6-13(15)16/h4-5,10,20H,6-8H2,1-3H3. The summed E-state index contributed by atoms with van der Waals surface area (Å²) in [6, 6.07) is 3.72. The van der Waals surface area contributed by atoms with Gasteiger partial charge in [0, 0.05) is 24.8 Å². The number of carbonyl (C=O) groups is 1. The van der Waals surface area contributed by atoms with Gasteiger partial charge in [0.25, 0.3) is 0 Å². The zero-order chi connectivity index (χ0) is 14.7. The number of rotatable bonds is 5. The van der Waals surface area contributed by atoms with E-state index in [1.54, 1.807) is 26.2 Å². The molecule has 1 aliphatic rings. The third kappa shape index (κ3) is 2.95. The number of hydrogen-bond donors (Lipinski definition) is 1. The first-order chi connectivity index (χ1) is 9.58. The summed E-state index contributed by atoms with van der Waals surface area (Å²) >= 11 is 4.35. The lowest BCUT2D eigenvalue weighted by Crippen LogP contribution is -2.24. The number of carbonyl (C=O) groups excluding carboxylic acids is 1. The summed E-state index contributed by atoms with van der Waals surface area (Å²) in [6.07, 6.45) is 0.494. The van der Waals surface area contributed by atoms with Gasteiger partial charge in [-0.05, 0) is 17.7 Å². The van der Waals surface area contributed by atoms with E-state index in [2.05, 4.69) is 12.6 Å². The molecule has 0 radical (unpaired) electrons. The molecule has 0 aliphatic carbocycles. The smallest absolute Gasteiger partial charge is 0.224 e. The Bertz CT molecular complexity index is 481. The molecular formula is C14H19NO4S. The summed E-state index contributed by atoms with van der Waals surface area (Å²) in [4.78, 5) is 13.6. The quantitative estimate of drug-likeness (QED) is 0.841. The van der Waals surface area contributed by atoms with Gasteiger partial charge >= 0.3 is 0 Å². The van der Waals surface area contributed by atoms with Crippen molar-refractivity contribution in [2.45, 2.75) is 18.2 Å². The maximum atomic E-state index is 11.8. The summed E-state index contributed by atoms with van der Waals surface area (Å²) in [7, 11) is 4.72. The minimum absolute atomic E-state index is 0.115. The largest absolute Gasteiger partial charge is 0.493 e. The van der Waals surface area contributed by atoms with E-state index in [-0.39, 0.29) is 11.2 Å². The number of likely N-dealkylation sites (tertiary alicyclic amines) is 1. The van der Waals surface area contributed by atoms with Crippen LogP contribution in [0.4, 0.5) is 0 Å². The maximum Gasteiger partial charge on any atom is 0.224 e. The van der Waals surface area contributed by atoms with Crippen LogP contribution in [0.3, 0.4) is 0 Å². The Labute approximate surface area is 124 Å². The minimum atomic E-state index is 0.115. The van der Waals surface area contributed by atoms with Gasteiger partial charge in [0.05, 0.1) is 21.3 Å². The fourth-order valence-electron chi connectivity index (χ4n) is 2.35. The topological polar surface area (TPSA) is 48.0 Å². The molecule has 0 aromatic heterocycles. The lowest BCUT2D eigenvalue weighted by Gasteiger charge is -2.18. The Kier molecular flexibility index (Phi) is 4.65. The van der Waals surface area contributed by atoms with Crippen LogP contribution in [0.25, 0.3) is 0 Å². The molecule has 1 saturated heterocycles. The number of nitrogens with zero attached hydrogens (tertiary/aromatic N) is 1. The fourth-order valence-corrected chi connectivity index (χ4v) is 2.70. The molecule has 1 fully saturated rings. The van der Waals surface area contributed by atoms with Crippen molar-refractivity contribution in [1.82, 2.24) is 4.90 Å². The van der Waals surface area contributed by atoms with E-state index in [1.807, 2.05) is 12.1 Å². The molecule has 1 atom stereocenters. The van der Waals surface area contributed by atoms with Gasteiger partial charge in [-0.25, -0.2) is 0 Å². The predicted molar refractivity (Wildman–Crippen MR) is 78.9 cm³/mol. The summed E-state index contributed by atoms with van der Waals surface area (Å²) in [6.45, 7) is 1.19. The molecule has 1 aromatic rings. The first-order valence-corrected chi connectivity index (χ1v) is 6.85. The fraction of sp³-hybridized carbons (Fsp3) is 0.500. The molecule has 0 N–H and O–H groups in total. The van der Waals surface area contributed by atoms with Crippen molar-refractivity contribution in [2.75, 3.05) is 27.9 Å². The van der Waals surface area contributed by atoms with E-state index in [9.17, 15) is 4.79 Å². The highest BCUT2D eigenvalue weighted by Crippen LogP contribution is 2.38. The van der Waals surface area contributed by atoms with Crippen molar-refractivity contribution in [3.05, 3.63) is 17.7 Å². The second-order valence-electron chi connectivity index (χ2n) is 4.67. The van der Waals surface area contributed by atoms with Crippen LogP contribution in [0.15, 0.2) is 12.1 Å². The number of methoxy groups -OCH3 is 3. The zero-order valence-electron chi connectivity index (χ0n) is 11.9. The molecule has 0 spiro atoms. The van der Waals surface area contributed by atoms with E-state index in [0.717, 1.165) is 5.56 Å². The Morgan fingerprint density at radius 1 is 1.20 bits per heavy atom. The second-order valence-corrected chi connectivity index (χ2v) is 5.40. The van der Waals surface area contributed by atoms with Gasteiger partial charge in [-0.1, -0.05) is 0 Å². The van der Waals surface area contributed by atoms with Crippen LogP contribution >= 0.6 is 12.6 Å². The zero-order valence-corrected chi connectivity index (χ0v) is 12.8. The van der Waals surface area contributed by atoms with Crippen LogP contribution in [0.2, 0.25) is 0 Å². The molecule has 20 heavy (non-hydrogen) atoms. The van der Waals surface area contributed by atoms with E-state index in [0.29, 0.717) is 36.8 Å². The normalized spacial score (nSPS) is 18.3. The molecular weight excluding hydrogens is 278 g/mol. The van der Waals surface area contributed by atoms with E-state index in [1.165, 1.54) is 0 Å². The van der Waals surface area contributed by atoms with E-state index in [4.69, 9.17) is 14.2 Å². The molecule has 0 saturated carbocycles. The van der Waals surface area contributed by atoms with Crippen LogP contribution in [0.5, 0.6) is 17.2 Å². The number of amides is 1. The van der Waals surface area contributed by atoms with Gasteiger partial charge in [0.1, 0.15) is 0 Å². The number of ether oxygens (including phenoxy) is 3. The maximum absolute atomic E-state index is 11.8. The van der Waals surface area contributed by atoms with Gasteiger partial charge in [-0.2, -0.15) is 12.6 Å². The second kappa shape index (κ2) is 6.26. The number of benzene rings is 1. The average molecular weight is 297 g/mol. The summed E-state index contributed by atoms with van der Waals surface area (Å²) in [5.74, 6) is 1.86. The highest BCUT2D eigenvalue weighted by Gasteiger charge is 2.27. The van der Waals surface area contributed by atoms with Crippen molar-refractivity contribution >= 4 is 18.5 Å². The molecule has 1 heterocycles. The molecule has 6 heteroatoms. The Balaban J connectivity index is 2.26. The summed E-state index contributed by atoms with van der Waals surface area (Å²) < 4.78 is 15.9. The van der Waals surface area contributed by atoms with Crippen LogP contribution in [-0.4, -0.2) is 43.9 Å². The molecule has 1 aliphatic heterocycles. The Hall–Kier alpha value is -1.56. The monoisotopic (exact) mass is 297 g/mol. The van der Waals surface area contributed by atoms with Crippen molar-refractivity contribution in [1.29, 1.82) is 0 Å². The van der Waals surface area contributed by atoms with Crippen molar-refractivity contribution in [2.24, 2.45) is 0 Å². The van der Waals surface area contributed by atoms with E-state index >= 15 is 0 Å². The van der Waals surface area contributed by atoms with Gasteiger partial charge in [0.2, 0.25) is 11.7 Å². The Morgan fingerprint density at radius 2 is 1.80 bits per heavy atom. The lowest BCUT2D eigenvalue weighted by molar-refractivity contribution is -0.128. The van der Waals surface area contributed by atoms with Crippen molar-refractivity contribution in [3.63, 3.8) is 0 Å². The van der Waals surface area contributed by atoms with Crippen LogP contribution in [0, 0.1) is 0 Å². The third-order valence-corrected chi connectivity index (χ3v) is 3.64. The van der Waals surface area contributed by atoms with Gasteiger partial charge < -0.3 is 19.1 Å². The van der Waals surface area contributed by atoms with Crippen molar-refractivity contribution < 1.29 is 19.0 Å². The molecule has 1 unspecified atom stereocenters. The summed E-state index contributed by atoms with van der Waals surface area (Å²) in [5.41, 5.74) is 0.940. The average Bonchev–Trinajstić information content (AvgIpc) is 2.75. The SMILES string of the molecule is COc1cc(CN2CC(S)CC2=O)cc(OC)c1OC. The first-order valence-electron chi connectivity index (χ1n) is 6.33. The van der Waals surface area contributed by atoms with E-state index < -0.39 is 0 Å². The highest BCUT2D eigenvalue weighted by molar-refractivity contribution is 7.81. The number of thiol groups is 1. The van der Waals surface area contributed by atoms with Crippen LogP contribution < -0.4 is 14.2 Å². The molecule has 5 nitrogen and oxygen atoms in total. The predicted octanol–water partition coefficient (Wildman–Crippen LogP) is 1.74. The van der Waals surface area contributed by atoms with Gasteiger partial charge in [0.15, 0.2) is 11.5 Å². The third-order valence-electron chi connectivity index (χ3n) is 3.29. The Morgan fingerprint density at radius 3 is 2.20 bits per heavy atom. The highest BCUT2D eigenvalue weighted by atomic mass is 32.1. The molecule has 0 bridgehead atoms. The first kappa shape index (κ1) is 14.8. The van der Waals surface area contributed by atoms with Gasteiger partial charge in [-0.15, -0.1) is 0 Å². The van der Waals surface area contributed by atoms with Gasteiger partial charge in [-0.3, -0.25) is 4.79 Å². The van der Waals surface area contributed by atoms with Crippen LogP contribution in [-0.2, 0) is 11.3 Å². The lowest BCUT2D eigenvalue weighted by atomic mass is 10.1.